The summed E-state index contributed by atoms with van der Waals surface area (Å²) in [7, 11) is -2.72. The maximum Gasteiger partial charge on any atom is 0.340 e. The zero-order valence-corrected chi connectivity index (χ0v) is 17.1. The Morgan fingerprint density at radius 1 is 1.07 bits per heavy atom. The predicted molar refractivity (Wildman–Crippen MR) is 112 cm³/mol. The Labute approximate surface area is 170 Å². The molecule has 0 fully saturated rings. The molecule has 2 aromatic carbocycles. The highest BCUT2D eigenvalue weighted by Crippen LogP contribution is 2.31. The number of rotatable bonds is 5. The van der Waals surface area contributed by atoms with Crippen LogP contribution in [0.5, 0.6) is 5.75 Å². The summed E-state index contributed by atoms with van der Waals surface area (Å²) in [6.45, 7) is 3.58. The minimum absolute atomic E-state index is 0.00616. The highest BCUT2D eigenvalue weighted by Gasteiger charge is 2.32. The van der Waals surface area contributed by atoms with Gasteiger partial charge in [0.1, 0.15) is 5.75 Å². The number of pyridine rings is 1. The van der Waals surface area contributed by atoms with Crippen LogP contribution in [-0.4, -0.2) is 26.5 Å². The summed E-state index contributed by atoms with van der Waals surface area (Å²) in [5.41, 5.74) is 2.09. The van der Waals surface area contributed by atoms with E-state index >= 15 is 0 Å². The van der Waals surface area contributed by atoms with Crippen molar-refractivity contribution in [3.8, 4) is 5.75 Å². The van der Waals surface area contributed by atoms with Gasteiger partial charge in [-0.25, -0.2) is 13.2 Å². The zero-order valence-electron chi connectivity index (χ0n) is 16.3. The van der Waals surface area contributed by atoms with Gasteiger partial charge in [-0.3, -0.25) is 4.98 Å². The van der Waals surface area contributed by atoms with E-state index in [0.29, 0.717) is 17.0 Å². The number of ether oxygens (including phenoxy) is 1. The first-order valence-electron chi connectivity index (χ1n) is 8.80. The molecule has 29 heavy (non-hydrogen) atoms. The first-order chi connectivity index (χ1) is 13.8. The van der Waals surface area contributed by atoms with Crippen molar-refractivity contribution in [2.75, 3.05) is 16.7 Å². The lowest BCUT2D eigenvalue weighted by atomic mass is 10.2. The van der Waals surface area contributed by atoms with Crippen LogP contribution in [0, 0.1) is 13.8 Å². The second-order valence-electron chi connectivity index (χ2n) is 6.41. The molecule has 3 aromatic rings. The Kier molecular flexibility index (Phi) is 5.84. The van der Waals surface area contributed by atoms with Crippen molar-refractivity contribution in [3.63, 3.8) is 0 Å². The van der Waals surface area contributed by atoms with E-state index < -0.39 is 16.1 Å². The van der Waals surface area contributed by atoms with Gasteiger partial charge in [0.05, 0.1) is 29.6 Å². The van der Waals surface area contributed by atoms with Gasteiger partial charge in [0.2, 0.25) is 0 Å². The van der Waals surface area contributed by atoms with Crippen molar-refractivity contribution in [2.45, 2.75) is 18.7 Å². The van der Waals surface area contributed by atoms with Crippen LogP contribution < -0.4 is 14.4 Å². The third-order valence-electron chi connectivity index (χ3n) is 4.29. The summed E-state index contributed by atoms with van der Waals surface area (Å²) >= 11 is 0. The van der Waals surface area contributed by atoms with Crippen LogP contribution in [0.25, 0.3) is 0 Å². The molecule has 1 aromatic heterocycles. The molecule has 150 valence electrons. The van der Waals surface area contributed by atoms with Crippen molar-refractivity contribution < 1.29 is 17.9 Å². The highest BCUT2D eigenvalue weighted by atomic mass is 32.2. The Hall–Kier alpha value is -3.39. The number of nitrogens with one attached hydrogen (secondary N) is 1. The number of urea groups is 1. The Morgan fingerprint density at radius 2 is 1.79 bits per heavy atom. The lowest BCUT2D eigenvalue weighted by molar-refractivity contribution is 0.259. The van der Waals surface area contributed by atoms with Crippen LogP contribution in [0.2, 0.25) is 0 Å². The maximum absolute atomic E-state index is 13.4. The average Bonchev–Trinajstić information content (AvgIpc) is 2.70. The molecule has 3 rings (SSSR count). The van der Waals surface area contributed by atoms with Crippen LogP contribution in [0.1, 0.15) is 11.1 Å². The topological polar surface area (TPSA) is 88.6 Å². The van der Waals surface area contributed by atoms with Gasteiger partial charge in [-0.15, -0.1) is 0 Å². The van der Waals surface area contributed by atoms with Crippen LogP contribution in [0.15, 0.2) is 71.9 Å². The third-order valence-corrected chi connectivity index (χ3v) is 6.00. The second kappa shape index (κ2) is 8.32. The molecular weight excluding hydrogens is 390 g/mol. The molecule has 0 bridgehead atoms. The van der Waals surface area contributed by atoms with Gasteiger partial charge < -0.3 is 10.1 Å². The van der Waals surface area contributed by atoms with Gasteiger partial charge in [0.25, 0.3) is 10.0 Å². The Balaban J connectivity index is 2.13. The lowest BCUT2D eigenvalue weighted by Crippen LogP contribution is -2.40. The second-order valence-corrected chi connectivity index (χ2v) is 8.19. The van der Waals surface area contributed by atoms with E-state index in [2.05, 4.69) is 10.3 Å². The molecule has 2 amide bonds. The molecule has 1 N–H and O–H groups in total. The van der Waals surface area contributed by atoms with E-state index in [1.807, 2.05) is 6.92 Å². The lowest BCUT2D eigenvalue weighted by Gasteiger charge is -2.25. The standard InChI is InChI=1S/C21H21N3O4S/c1-15-6-10-19(11-7-15)29(26,27)24(20-13-18(28-3)9-8-16(20)2)21(25)23-17-5-4-12-22-14-17/h4-14H,1-3H3,(H,23,25). The van der Waals surface area contributed by atoms with E-state index in [9.17, 15) is 13.2 Å². The molecule has 0 saturated carbocycles. The minimum Gasteiger partial charge on any atom is -0.497 e. The summed E-state index contributed by atoms with van der Waals surface area (Å²) in [4.78, 5) is 17.1. The summed E-state index contributed by atoms with van der Waals surface area (Å²) in [5.74, 6) is 0.434. The summed E-state index contributed by atoms with van der Waals surface area (Å²) in [6, 6.07) is 13.7. The van der Waals surface area contributed by atoms with Gasteiger partial charge in [-0.2, -0.15) is 4.31 Å². The number of amides is 2. The molecule has 0 aliphatic carbocycles. The van der Waals surface area contributed by atoms with Crippen LogP contribution >= 0.6 is 0 Å². The number of aryl methyl sites for hydroxylation is 2. The van der Waals surface area contributed by atoms with Gasteiger partial charge in [0, 0.05) is 12.3 Å². The normalized spacial score (nSPS) is 11.0. The largest absolute Gasteiger partial charge is 0.497 e. The highest BCUT2D eigenvalue weighted by molar-refractivity contribution is 7.93. The van der Waals surface area contributed by atoms with E-state index in [4.69, 9.17) is 4.74 Å². The molecule has 0 radical (unpaired) electrons. The number of nitrogens with zero attached hydrogens (tertiary/aromatic N) is 2. The number of carbonyl (C=O) groups is 1. The van der Waals surface area contributed by atoms with Gasteiger partial charge >= 0.3 is 6.03 Å². The van der Waals surface area contributed by atoms with Crippen molar-refractivity contribution in [1.29, 1.82) is 0 Å². The number of anilines is 2. The van der Waals surface area contributed by atoms with Crippen molar-refractivity contribution >= 4 is 27.4 Å². The zero-order chi connectivity index (χ0) is 21.0. The first-order valence-corrected chi connectivity index (χ1v) is 10.2. The minimum atomic E-state index is -4.19. The number of hydrogen-bond donors (Lipinski definition) is 1. The SMILES string of the molecule is COc1ccc(C)c(N(C(=O)Nc2cccnc2)S(=O)(=O)c2ccc(C)cc2)c1. The smallest absolute Gasteiger partial charge is 0.340 e. The van der Waals surface area contributed by atoms with E-state index in [0.717, 1.165) is 9.87 Å². The van der Waals surface area contributed by atoms with Crippen LogP contribution in [0.3, 0.4) is 0 Å². The summed E-state index contributed by atoms with van der Waals surface area (Å²) in [5, 5.41) is 2.60. The molecular formula is C21H21N3O4S. The third kappa shape index (κ3) is 4.38. The monoisotopic (exact) mass is 411 g/mol. The number of hydrogen-bond acceptors (Lipinski definition) is 5. The molecule has 0 unspecified atom stereocenters. The predicted octanol–water partition coefficient (Wildman–Crippen LogP) is 4.13. The van der Waals surface area contributed by atoms with Gasteiger partial charge in [0.15, 0.2) is 0 Å². The first kappa shape index (κ1) is 20.3. The molecule has 0 atom stereocenters. The number of methoxy groups -OCH3 is 1. The average molecular weight is 411 g/mol. The summed E-state index contributed by atoms with van der Waals surface area (Å²) in [6.07, 6.45) is 3.00. The quantitative estimate of drug-likeness (QED) is 0.682. The maximum atomic E-state index is 13.4. The molecule has 0 saturated heterocycles. The number of sulfonamides is 1. The Morgan fingerprint density at radius 3 is 2.41 bits per heavy atom. The molecule has 0 aliphatic rings. The van der Waals surface area contributed by atoms with E-state index in [-0.39, 0.29) is 10.6 Å². The number of carbonyl (C=O) groups excluding carboxylic acids is 1. The van der Waals surface area contributed by atoms with E-state index in [1.54, 1.807) is 49.5 Å². The number of aromatic nitrogens is 1. The van der Waals surface area contributed by atoms with Crippen molar-refractivity contribution in [1.82, 2.24) is 4.98 Å². The number of benzene rings is 2. The van der Waals surface area contributed by atoms with Crippen LogP contribution in [0.4, 0.5) is 16.2 Å². The van der Waals surface area contributed by atoms with E-state index in [1.165, 1.54) is 31.5 Å². The van der Waals surface area contributed by atoms with Crippen molar-refractivity contribution in [3.05, 3.63) is 78.1 Å². The van der Waals surface area contributed by atoms with Gasteiger partial charge in [-0.05, 0) is 49.7 Å². The van der Waals surface area contributed by atoms with Crippen LogP contribution in [-0.2, 0) is 10.0 Å². The molecule has 7 nitrogen and oxygen atoms in total. The fourth-order valence-corrected chi connectivity index (χ4v) is 4.12. The fraction of sp³-hybridized carbons (Fsp3) is 0.143. The Bertz CT molecular complexity index is 1110. The summed E-state index contributed by atoms with van der Waals surface area (Å²) < 4.78 is 32.9. The molecule has 1 heterocycles. The van der Waals surface area contributed by atoms with Crippen molar-refractivity contribution in [2.24, 2.45) is 0 Å². The van der Waals surface area contributed by atoms with Gasteiger partial charge in [-0.1, -0.05) is 23.8 Å². The molecule has 0 aliphatic heterocycles. The molecule has 8 heteroatoms. The molecule has 0 spiro atoms. The fourth-order valence-electron chi connectivity index (χ4n) is 2.71.